The van der Waals surface area contributed by atoms with Gasteiger partial charge in [-0.25, -0.2) is 0 Å². The Morgan fingerprint density at radius 3 is 2.50 bits per heavy atom. The van der Waals surface area contributed by atoms with Gasteiger partial charge in [0.05, 0.1) is 0 Å². The van der Waals surface area contributed by atoms with Crippen LogP contribution in [0.5, 0.6) is 0 Å². The molecule has 1 fully saturated rings. The molecule has 0 aromatic heterocycles. The number of carbonyl (C=O) groups is 1. The summed E-state index contributed by atoms with van der Waals surface area (Å²) in [5, 5.41) is 0. The molecule has 0 unspecified atom stereocenters. The summed E-state index contributed by atoms with van der Waals surface area (Å²) >= 11 is 0. The Morgan fingerprint density at radius 2 is 2.00 bits per heavy atom. The smallest absolute Gasteiger partial charge is 0.159 e. The zero-order valence-corrected chi connectivity index (χ0v) is 11.1. The van der Waals surface area contributed by atoms with Gasteiger partial charge < -0.3 is 0 Å². The number of hydrogen-bond donors (Lipinski definition) is 0. The van der Waals surface area contributed by atoms with Crippen molar-refractivity contribution in [1.82, 2.24) is 0 Å². The van der Waals surface area contributed by atoms with Gasteiger partial charge >= 0.3 is 0 Å². The number of Topliss-reactive ketones (excluding diaryl/α,β-unsaturated/α-hetero) is 1. The fraction of sp³-hybridized carbons (Fsp3) is 0.800. The molecule has 16 heavy (non-hydrogen) atoms. The molecule has 2 rings (SSSR count). The Bertz CT molecular complexity index is 335. The van der Waals surface area contributed by atoms with Gasteiger partial charge in [-0.1, -0.05) is 39.2 Å². The quantitative estimate of drug-likeness (QED) is 0.696. The van der Waals surface area contributed by atoms with Crippen LogP contribution in [-0.4, -0.2) is 5.78 Å². The summed E-state index contributed by atoms with van der Waals surface area (Å²) in [5.41, 5.74) is 2.97. The molecule has 0 bridgehead atoms. The topological polar surface area (TPSA) is 17.1 Å². The minimum atomic E-state index is 0.381. The van der Waals surface area contributed by atoms with Crippen molar-refractivity contribution < 1.29 is 4.79 Å². The highest BCUT2D eigenvalue weighted by Crippen LogP contribution is 2.65. The van der Waals surface area contributed by atoms with E-state index in [0.29, 0.717) is 17.1 Å². The van der Waals surface area contributed by atoms with Gasteiger partial charge in [-0.2, -0.15) is 0 Å². The summed E-state index contributed by atoms with van der Waals surface area (Å²) in [6.07, 6.45) is 5.67. The van der Waals surface area contributed by atoms with Crippen molar-refractivity contribution in [2.45, 2.75) is 59.8 Å². The van der Waals surface area contributed by atoms with Crippen LogP contribution in [0.3, 0.4) is 0 Å². The van der Waals surface area contributed by atoms with Gasteiger partial charge in [-0.05, 0) is 42.6 Å². The van der Waals surface area contributed by atoms with Gasteiger partial charge in [-0.15, -0.1) is 0 Å². The summed E-state index contributed by atoms with van der Waals surface area (Å²) in [4.78, 5) is 11.9. The molecule has 2 aliphatic carbocycles. The number of allylic oxidation sites excluding steroid dienone is 2. The van der Waals surface area contributed by atoms with Crippen LogP contribution < -0.4 is 0 Å². The molecule has 2 atom stereocenters. The third-order valence-electron chi connectivity index (χ3n) is 4.72. The summed E-state index contributed by atoms with van der Waals surface area (Å²) in [6, 6.07) is 0. The summed E-state index contributed by atoms with van der Waals surface area (Å²) in [6.45, 7) is 9.08. The van der Waals surface area contributed by atoms with Crippen LogP contribution in [0.4, 0.5) is 0 Å². The average molecular weight is 220 g/mol. The molecular formula is C15H24O. The van der Waals surface area contributed by atoms with Crippen LogP contribution in [-0.2, 0) is 4.79 Å². The molecule has 0 N–H and O–H groups in total. The predicted molar refractivity (Wildman–Crippen MR) is 67.2 cm³/mol. The lowest BCUT2D eigenvalue weighted by Gasteiger charge is -2.04. The Kier molecular flexibility index (Phi) is 2.98. The molecule has 1 saturated carbocycles. The van der Waals surface area contributed by atoms with Crippen LogP contribution in [0.15, 0.2) is 11.1 Å². The second-order valence-corrected chi connectivity index (χ2v) is 6.16. The van der Waals surface area contributed by atoms with E-state index in [1.165, 1.54) is 30.4 Å². The highest BCUT2D eigenvalue weighted by atomic mass is 16.1. The van der Waals surface area contributed by atoms with Crippen LogP contribution in [0, 0.1) is 17.3 Å². The van der Waals surface area contributed by atoms with Crippen LogP contribution in [0.2, 0.25) is 0 Å². The SMILES string of the molecule is CCCC[C@H]1[C@@H](C2=C(C)CCC2=O)C1(C)C. The first-order valence-corrected chi connectivity index (χ1v) is 6.73. The molecule has 0 saturated heterocycles. The molecule has 1 heteroatoms. The molecule has 0 radical (unpaired) electrons. The summed E-state index contributed by atoms with van der Waals surface area (Å²) < 4.78 is 0. The molecule has 90 valence electrons. The van der Waals surface area contributed by atoms with Crippen molar-refractivity contribution in [1.29, 1.82) is 0 Å². The van der Waals surface area contributed by atoms with Crippen molar-refractivity contribution in [2.24, 2.45) is 17.3 Å². The monoisotopic (exact) mass is 220 g/mol. The lowest BCUT2D eigenvalue weighted by atomic mass is 10.00. The minimum absolute atomic E-state index is 0.381. The number of ketones is 1. The lowest BCUT2D eigenvalue weighted by Crippen LogP contribution is -2.02. The van der Waals surface area contributed by atoms with E-state index in [4.69, 9.17) is 0 Å². The zero-order valence-electron chi connectivity index (χ0n) is 11.1. The van der Waals surface area contributed by atoms with Crippen LogP contribution in [0.25, 0.3) is 0 Å². The van der Waals surface area contributed by atoms with Crippen molar-refractivity contribution in [3.63, 3.8) is 0 Å². The van der Waals surface area contributed by atoms with Gasteiger partial charge in [0.1, 0.15) is 0 Å². The summed E-state index contributed by atoms with van der Waals surface area (Å²) in [5.74, 6) is 1.78. The number of rotatable bonds is 4. The molecule has 0 aromatic rings. The van der Waals surface area contributed by atoms with E-state index in [1.54, 1.807) is 0 Å². The van der Waals surface area contributed by atoms with E-state index < -0.39 is 0 Å². The second-order valence-electron chi connectivity index (χ2n) is 6.16. The molecule has 0 heterocycles. The number of unbranched alkanes of at least 4 members (excludes halogenated alkanes) is 1. The third kappa shape index (κ3) is 1.74. The Morgan fingerprint density at radius 1 is 1.31 bits per heavy atom. The van der Waals surface area contributed by atoms with E-state index in [-0.39, 0.29) is 0 Å². The zero-order chi connectivity index (χ0) is 11.9. The van der Waals surface area contributed by atoms with Gasteiger partial charge in [0.15, 0.2) is 5.78 Å². The maximum Gasteiger partial charge on any atom is 0.159 e. The fourth-order valence-corrected chi connectivity index (χ4v) is 3.53. The standard InChI is InChI=1S/C15H24O/c1-5-6-7-11-14(15(11,3)4)13-10(2)8-9-12(13)16/h11,14H,5-9H2,1-4H3/t11-,14-/m0/s1. The highest BCUT2D eigenvalue weighted by Gasteiger charge is 2.60. The first-order chi connectivity index (χ1) is 7.50. The van der Waals surface area contributed by atoms with E-state index >= 15 is 0 Å². The second kappa shape index (κ2) is 4.01. The predicted octanol–water partition coefficient (Wildman–Crippen LogP) is 4.13. The first-order valence-electron chi connectivity index (χ1n) is 6.73. The van der Waals surface area contributed by atoms with Crippen molar-refractivity contribution in [3.05, 3.63) is 11.1 Å². The first kappa shape index (κ1) is 11.9. The van der Waals surface area contributed by atoms with Gasteiger partial charge in [0.25, 0.3) is 0 Å². The average Bonchev–Trinajstić information content (AvgIpc) is 2.57. The molecule has 0 aromatic carbocycles. The van der Waals surface area contributed by atoms with E-state index in [9.17, 15) is 4.79 Å². The molecule has 2 aliphatic rings. The largest absolute Gasteiger partial charge is 0.295 e. The van der Waals surface area contributed by atoms with Crippen LogP contribution in [0.1, 0.15) is 59.8 Å². The van der Waals surface area contributed by atoms with E-state index in [1.807, 2.05) is 0 Å². The van der Waals surface area contributed by atoms with Crippen molar-refractivity contribution in [3.8, 4) is 0 Å². The maximum atomic E-state index is 11.9. The third-order valence-corrected chi connectivity index (χ3v) is 4.72. The van der Waals surface area contributed by atoms with Gasteiger partial charge in [-0.3, -0.25) is 4.79 Å². The minimum Gasteiger partial charge on any atom is -0.295 e. The maximum absolute atomic E-state index is 11.9. The van der Waals surface area contributed by atoms with E-state index in [0.717, 1.165) is 18.8 Å². The lowest BCUT2D eigenvalue weighted by molar-refractivity contribution is -0.115. The van der Waals surface area contributed by atoms with Crippen molar-refractivity contribution >= 4 is 5.78 Å². The Balaban J connectivity index is 2.12. The Hall–Kier alpha value is -0.590. The molecule has 0 amide bonds. The molecule has 1 nitrogen and oxygen atoms in total. The fourth-order valence-electron chi connectivity index (χ4n) is 3.53. The van der Waals surface area contributed by atoms with E-state index in [2.05, 4.69) is 27.7 Å². The normalized spacial score (nSPS) is 32.4. The molecular weight excluding hydrogens is 196 g/mol. The highest BCUT2D eigenvalue weighted by molar-refractivity contribution is 5.99. The Labute approximate surface area is 99.3 Å². The number of carbonyl (C=O) groups excluding carboxylic acids is 1. The van der Waals surface area contributed by atoms with Crippen molar-refractivity contribution in [2.75, 3.05) is 0 Å². The molecule has 0 aliphatic heterocycles. The number of hydrogen-bond acceptors (Lipinski definition) is 1. The molecule has 0 spiro atoms. The van der Waals surface area contributed by atoms with Gasteiger partial charge in [0.2, 0.25) is 0 Å². The van der Waals surface area contributed by atoms with Crippen LogP contribution >= 0.6 is 0 Å². The van der Waals surface area contributed by atoms with Gasteiger partial charge in [0, 0.05) is 6.42 Å². The summed E-state index contributed by atoms with van der Waals surface area (Å²) in [7, 11) is 0.